The van der Waals surface area contributed by atoms with Crippen LogP contribution < -0.4 is 0 Å². The molecule has 0 radical (unpaired) electrons. The Kier molecular flexibility index (Phi) is 4.87. The maximum atomic E-state index is 14.6. The first kappa shape index (κ1) is 19.9. The van der Waals surface area contributed by atoms with Crippen LogP contribution in [-0.2, 0) is 16.0 Å². The molecule has 5 rings (SSSR count). The lowest BCUT2D eigenvalue weighted by atomic mass is 9.95. The summed E-state index contributed by atoms with van der Waals surface area (Å²) in [5.41, 5.74) is 2.84. The molecule has 2 aliphatic carbocycles. The van der Waals surface area contributed by atoms with Gasteiger partial charge in [-0.05, 0) is 44.2 Å². The molecule has 2 aromatic heterocycles. The number of fused-ring (bicyclic) bond motifs is 5. The van der Waals surface area contributed by atoms with Gasteiger partial charge in [0.05, 0.1) is 24.4 Å². The summed E-state index contributed by atoms with van der Waals surface area (Å²) in [6, 6.07) is 3.52. The Balaban J connectivity index is 1.52. The van der Waals surface area contributed by atoms with Crippen molar-refractivity contribution in [2.24, 2.45) is 5.92 Å². The molecule has 1 unspecified atom stereocenters. The van der Waals surface area contributed by atoms with Crippen LogP contribution in [0, 0.1) is 17.6 Å². The van der Waals surface area contributed by atoms with Crippen molar-refractivity contribution in [3.8, 4) is 17.3 Å². The van der Waals surface area contributed by atoms with Gasteiger partial charge in [-0.3, -0.25) is 4.79 Å². The number of hydrogen-bond donors (Lipinski definition) is 0. The molecule has 0 N–H and O–H groups in total. The van der Waals surface area contributed by atoms with E-state index >= 15 is 0 Å². The van der Waals surface area contributed by atoms with Crippen LogP contribution in [0.4, 0.5) is 8.78 Å². The Morgan fingerprint density at radius 1 is 1.32 bits per heavy atom. The van der Waals surface area contributed by atoms with Crippen molar-refractivity contribution < 1.29 is 22.7 Å². The Morgan fingerprint density at radius 2 is 2.13 bits per heavy atom. The second-order valence-electron chi connectivity index (χ2n) is 8.35. The average Bonchev–Trinajstić information content (AvgIpc) is 3.50. The van der Waals surface area contributed by atoms with Crippen molar-refractivity contribution in [3.05, 3.63) is 53.0 Å². The molecule has 1 saturated carbocycles. The lowest BCUT2D eigenvalue weighted by Crippen LogP contribution is -2.16. The molecule has 8 heteroatoms. The number of carbonyl (C=O) groups excluding carboxylic acids is 1. The molecule has 1 fully saturated rings. The maximum absolute atomic E-state index is 14.6. The molecular weight excluding hydrogens is 404 g/mol. The van der Waals surface area contributed by atoms with Gasteiger partial charge >= 0.3 is 5.97 Å². The largest absolute Gasteiger partial charge is 0.466 e. The van der Waals surface area contributed by atoms with Gasteiger partial charge < -0.3 is 9.15 Å². The zero-order chi connectivity index (χ0) is 21.7. The summed E-state index contributed by atoms with van der Waals surface area (Å²) >= 11 is 0. The highest BCUT2D eigenvalue weighted by Crippen LogP contribution is 2.56. The zero-order valence-electron chi connectivity index (χ0n) is 17.4. The van der Waals surface area contributed by atoms with Gasteiger partial charge in [0, 0.05) is 24.0 Å². The number of rotatable bonds is 6. The number of hydrogen-bond acceptors (Lipinski definition) is 5. The summed E-state index contributed by atoms with van der Waals surface area (Å²) in [4.78, 5) is 16.3. The highest BCUT2D eigenvalue weighted by molar-refractivity contribution is 5.72. The van der Waals surface area contributed by atoms with Crippen LogP contribution in [0.5, 0.6) is 0 Å². The van der Waals surface area contributed by atoms with E-state index in [4.69, 9.17) is 9.15 Å². The van der Waals surface area contributed by atoms with Gasteiger partial charge in [-0.1, -0.05) is 6.92 Å². The van der Waals surface area contributed by atoms with E-state index in [-0.39, 0.29) is 17.6 Å². The zero-order valence-corrected chi connectivity index (χ0v) is 17.4. The van der Waals surface area contributed by atoms with Crippen molar-refractivity contribution in [2.75, 3.05) is 6.61 Å². The number of halogens is 2. The molecule has 0 saturated heterocycles. The third kappa shape index (κ3) is 3.34. The molecule has 6 nitrogen and oxygen atoms in total. The molecule has 0 amide bonds. The van der Waals surface area contributed by atoms with Gasteiger partial charge in [0.1, 0.15) is 17.3 Å². The number of ether oxygens (including phenoxy) is 1. The number of oxazole rings is 1. The van der Waals surface area contributed by atoms with Gasteiger partial charge in [-0.25, -0.2) is 18.4 Å². The quantitative estimate of drug-likeness (QED) is 0.523. The van der Waals surface area contributed by atoms with E-state index in [9.17, 15) is 13.6 Å². The smallest absolute Gasteiger partial charge is 0.309 e. The Morgan fingerprint density at radius 3 is 2.90 bits per heavy atom. The third-order valence-corrected chi connectivity index (χ3v) is 6.28. The minimum absolute atomic E-state index is 0.221. The SMILES string of the molecule is CCOC(=O)C(C)Cc1cnc(-c2nn(-c3ccc(F)cc3F)c3c2[C@H]2CC[C@@H]3C2)o1. The van der Waals surface area contributed by atoms with Crippen LogP contribution in [0.25, 0.3) is 17.3 Å². The molecule has 2 heterocycles. The van der Waals surface area contributed by atoms with Gasteiger partial charge in [0.25, 0.3) is 0 Å². The highest BCUT2D eigenvalue weighted by Gasteiger charge is 2.44. The number of nitrogens with zero attached hydrogens (tertiary/aromatic N) is 3. The van der Waals surface area contributed by atoms with E-state index in [1.807, 2.05) is 0 Å². The van der Waals surface area contributed by atoms with Crippen molar-refractivity contribution in [1.82, 2.24) is 14.8 Å². The second kappa shape index (κ2) is 7.59. The molecule has 3 atom stereocenters. The first-order chi connectivity index (χ1) is 15.0. The first-order valence-electron chi connectivity index (χ1n) is 10.7. The predicted molar refractivity (Wildman–Crippen MR) is 108 cm³/mol. The standard InChI is InChI=1S/C23H23F2N3O3/c1-3-30-23(29)12(2)8-16-11-26-22(31-16)20-19-13-4-5-14(9-13)21(19)28(27-20)18-7-6-15(24)10-17(18)25/h6-7,10-14H,3-5,8-9H2,1-2H3/t12?,13-,14+/m0/s1. The Labute approximate surface area is 178 Å². The maximum Gasteiger partial charge on any atom is 0.309 e. The van der Waals surface area contributed by atoms with Gasteiger partial charge in [-0.15, -0.1) is 0 Å². The van der Waals surface area contributed by atoms with Crippen LogP contribution in [0.1, 0.15) is 62.0 Å². The number of carbonyl (C=O) groups is 1. The number of esters is 1. The molecule has 1 aromatic carbocycles. The minimum atomic E-state index is -0.657. The van der Waals surface area contributed by atoms with Crippen molar-refractivity contribution in [3.63, 3.8) is 0 Å². The second-order valence-corrected chi connectivity index (χ2v) is 8.35. The monoisotopic (exact) mass is 427 g/mol. The Bertz CT molecular complexity index is 1150. The van der Waals surface area contributed by atoms with E-state index < -0.39 is 11.6 Å². The Hall–Kier alpha value is -3.03. The third-order valence-electron chi connectivity index (χ3n) is 6.28. The fourth-order valence-electron chi connectivity index (χ4n) is 4.91. The molecule has 2 bridgehead atoms. The van der Waals surface area contributed by atoms with E-state index in [2.05, 4.69) is 10.1 Å². The van der Waals surface area contributed by atoms with E-state index in [0.29, 0.717) is 42.2 Å². The van der Waals surface area contributed by atoms with Crippen LogP contribution >= 0.6 is 0 Å². The molecule has 0 aliphatic heterocycles. The summed E-state index contributed by atoms with van der Waals surface area (Å²) in [5, 5.41) is 4.67. The van der Waals surface area contributed by atoms with Gasteiger partial charge in [-0.2, -0.15) is 5.10 Å². The molecule has 0 spiro atoms. The van der Waals surface area contributed by atoms with Gasteiger partial charge in [0.15, 0.2) is 11.5 Å². The normalized spacial score (nSPS) is 20.1. The van der Waals surface area contributed by atoms with Gasteiger partial charge in [0.2, 0.25) is 5.89 Å². The van der Waals surface area contributed by atoms with Crippen molar-refractivity contribution in [2.45, 2.75) is 51.4 Å². The van der Waals surface area contributed by atoms with Crippen molar-refractivity contribution in [1.29, 1.82) is 0 Å². The van der Waals surface area contributed by atoms with Crippen LogP contribution in [-0.4, -0.2) is 27.3 Å². The summed E-state index contributed by atoms with van der Waals surface area (Å²) in [6.07, 6.45) is 5.04. The number of aromatic nitrogens is 3. The van der Waals surface area contributed by atoms with E-state index in [1.54, 1.807) is 24.7 Å². The van der Waals surface area contributed by atoms with E-state index in [1.165, 1.54) is 12.1 Å². The fourth-order valence-corrected chi connectivity index (χ4v) is 4.91. The summed E-state index contributed by atoms with van der Waals surface area (Å²) in [6.45, 7) is 3.88. The lowest BCUT2D eigenvalue weighted by Gasteiger charge is -2.14. The van der Waals surface area contributed by atoms with Crippen LogP contribution in [0.2, 0.25) is 0 Å². The van der Waals surface area contributed by atoms with Crippen LogP contribution in [0.3, 0.4) is 0 Å². The minimum Gasteiger partial charge on any atom is -0.466 e. The summed E-state index contributed by atoms with van der Waals surface area (Å²) in [5.74, 6) is -0.366. The molecule has 2 aliphatic rings. The van der Waals surface area contributed by atoms with Crippen LogP contribution in [0.15, 0.2) is 28.8 Å². The summed E-state index contributed by atoms with van der Waals surface area (Å²) in [7, 11) is 0. The predicted octanol–water partition coefficient (Wildman–Crippen LogP) is 4.91. The lowest BCUT2D eigenvalue weighted by molar-refractivity contribution is -0.147. The summed E-state index contributed by atoms with van der Waals surface area (Å²) < 4.78 is 40.6. The van der Waals surface area contributed by atoms with Crippen molar-refractivity contribution >= 4 is 5.97 Å². The topological polar surface area (TPSA) is 70.2 Å². The number of benzene rings is 1. The molecule has 3 aromatic rings. The molecule has 162 valence electrons. The first-order valence-corrected chi connectivity index (χ1v) is 10.7. The molecular formula is C23H23F2N3O3. The molecule has 31 heavy (non-hydrogen) atoms. The average molecular weight is 427 g/mol. The fraction of sp³-hybridized carbons (Fsp3) is 0.435. The van der Waals surface area contributed by atoms with E-state index in [0.717, 1.165) is 36.6 Å². The highest BCUT2D eigenvalue weighted by atomic mass is 19.1.